The highest BCUT2D eigenvalue weighted by atomic mass is 19.4. The smallest absolute Gasteiger partial charge is 0.458 e. The molecule has 0 aliphatic carbocycles. The molecule has 0 spiro atoms. The maximum absolute atomic E-state index is 14.0. The molecule has 184 valence electrons. The van der Waals surface area contributed by atoms with Gasteiger partial charge in [0.2, 0.25) is 0 Å². The van der Waals surface area contributed by atoms with Crippen molar-refractivity contribution in [1.29, 1.82) is 0 Å². The molecule has 3 rings (SSSR count). The van der Waals surface area contributed by atoms with Gasteiger partial charge in [-0.15, -0.1) is 0 Å². The maximum atomic E-state index is 14.0. The zero-order valence-electron chi connectivity index (χ0n) is 17.6. The standard InChI is InChI=1S/C23H15F6NO5/c1-34-19-11-14(24)5-9-17(19)35-18-10-13(22(25,26)23(27,28)29)4-8-16(18)20(31)30-15-6-2-12(3-7-15)21(32)33/h2-11H,1H3,(H,30,31)(H,32,33). The lowest BCUT2D eigenvalue weighted by Crippen LogP contribution is -2.33. The van der Waals surface area contributed by atoms with Gasteiger partial charge in [-0.25, -0.2) is 9.18 Å². The summed E-state index contributed by atoms with van der Waals surface area (Å²) >= 11 is 0. The molecule has 0 atom stereocenters. The molecular weight excluding hydrogens is 484 g/mol. The van der Waals surface area contributed by atoms with Crippen molar-refractivity contribution in [2.45, 2.75) is 12.1 Å². The number of carbonyl (C=O) groups is 2. The molecule has 12 heteroatoms. The zero-order valence-corrected chi connectivity index (χ0v) is 17.6. The minimum Gasteiger partial charge on any atom is -0.493 e. The Kier molecular flexibility index (Phi) is 6.94. The number of anilines is 1. The van der Waals surface area contributed by atoms with Crippen molar-refractivity contribution >= 4 is 17.6 Å². The summed E-state index contributed by atoms with van der Waals surface area (Å²) in [4.78, 5) is 23.8. The van der Waals surface area contributed by atoms with E-state index >= 15 is 0 Å². The van der Waals surface area contributed by atoms with Crippen LogP contribution in [-0.2, 0) is 5.92 Å². The second kappa shape index (κ2) is 9.57. The summed E-state index contributed by atoms with van der Waals surface area (Å²) in [5, 5.41) is 11.3. The topological polar surface area (TPSA) is 84.9 Å². The quantitative estimate of drug-likeness (QED) is 0.377. The van der Waals surface area contributed by atoms with Gasteiger partial charge >= 0.3 is 18.1 Å². The fourth-order valence-corrected chi connectivity index (χ4v) is 2.89. The van der Waals surface area contributed by atoms with Gasteiger partial charge in [-0.3, -0.25) is 4.79 Å². The molecular formula is C23H15F6NO5. The van der Waals surface area contributed by atoms with Crippen molar-refractivity contribution < 1.29 is 50.5 Å². The third-order valence-corrected chi connectivity index (χ3v) is 4.68. The van der Waals surface area contributed by atoms with Crippen LogP contribution in [0.4, 0.5) is 32.0 Å². The van der Waals surface area contributed by atoms with E-state index in [0.717, 1.165) is 25.3 Å². The van der Waals surface area contributed by atoms with Crippen LogP contribution in [0.5, 0.6) is 17.2 Å². The Morgan fingerprint density at radius 1 is 0.857 bits per heavy atom. The van der Waals surface area contributed by atoms with E-state index in [2.05, 4.69) is 5.32 Å². The van der Waals surface area contributed by atoms with Crippen molar-refractivity contribution in [3.05, 3.63) is 83.2 Å². The molecule has 0 unspecified atom stereocenters. The number of carbonyl (C=O) groups excluding carboxylic acids is 1. The molecule has 0 heterocycles. The van der Waals surface area contributed by atoms with Crippen molar-refractivity contribution in [3.63, 3.8) is 0 Å². The Hall–Kier alpha value is -4.22. The average molecular weight is 499 g/mol. The first kappa shape index (κ1) is 25.4. The van der Waals surface area contributed by atoms with E-state index in [1.807, 2.05) is 0 Å². The van der Waals surface area contributed by atoms with E-state index in [0.29, 0.717) is 18.2 Å². The van der Waals surface area contributed by atoms with Crippen molar-refractivity contribution in [2.24, 2.45) is 0 Å². The van der Waals surface area contributed by atoms with Gasteiger partial charge in [0.15, 0.2) is 11.5 Å². The van der Waals surface area contributed by atoms with Gasteiger partial charge in [0.1, 0.15) is 11.6 Å². The Bertz CT molecular complexity index is 1260. The first-order valence-corrected chi connectivity index (χ1v) is 9.58. The summed E-state index contributed by atoms with van der Waals surface area (Å²) in [7, 11) is 1.14. The number of rotatable bonds is 7. The van der Waals surface area contributed by atoms with Gasteiger partial charge < -0.3 is 19.9 Å². The van der Waals surface area contributed by atoms with Crippen molar-refractivity contribution in [2.75, 3.05) is 12.4 Å². The molecule has 3 aromatic carbocycles. The summed E-state index contributed by atoms with van der Waals surface area (Å²) in [6, 6.07) is 9.19. The monoisotopic (exact) mass is 499 g/mol. The molecule has 0 radical (unpaired) electrons. The lowest BCUT2D eigenvalue weighted by Gasteiger charge is -2.21. The minimum atomic E-state index is -5.92. The van der Waals surface area contributed by atoms with Crippen LogP contribution in [-0.4, -0.2) is 30.3 Å². The highest BCUT2D eigenvalue weighted by Gasteiger charge is 2.58. The van der Waals surface area contributed by atoms with Gasteiger partial charge in [0.25, 0.3) is 5.91 Å². The van der Waals surface area contributed by atoms with Gasteiger partial charge in [0.05, 0.1) is 18.2 Å². The fraction of sp³-hybridized carbons (Fsp3) is 0.130. The molecule has 0 bridgehead atoms. The lowest BCUT2D eigenvalue weighted by atomic mass is 10.0. The number of nitrogens with one attached hydrogen (secondary N) is 1. The summed E-state index contributed by atoms with van der Waals surface area (Å²) in [6.07, 6.45) is -5.92. The van der Waals surface area contributed by atoms with E-state index in [-0.39, 0.29) is 22.7 Å². The normalized spacial score (nSPS) is 11.6. The van der Waals surface area contributed by atoms with Crippen molar-refractivity contribution in [3.8, 4) is 17.2 Å². The number of hydrogen-bond donors (Lipinski definition) is 2. The molecule has 3 aromatic rings. The number of amides is 1. The van der Waals surface area contributed by atoms with Crippen LogP contribution in [0.2, 0.25) is 0 Å². The van der Waals surface area contributed by atoms with Gasteiger partial charge in [-0.05, 0) is 48.5 Å². The third-order valence-electron chi connectivity index (χ3n) is 4.68. The average Bonchev–Trinajstić information content (AvgIpc) is 2.79. The Morgan fingerprint density at radius 2 is 1.51 bits per heavy atom. The number of halogens is 6. The number of aromatic carboxylic acids is 1. The molecule has 0 saturated carbocycles. The fourth-order valence-electron chi connectivity index (χ4n) is 2.89. The number of carboxylic acid groups (broad SMARTS) is 1. The summed E-state index contributed by atoms with van der Waals surface area (Å²) in [6.45, 7) is 0. The number of carboxylic acids is 1. The summed E-state index contributed by atoms with van der Waals surface area (Å²) in [5.41, 5.74) is -1.91. The number of alkyl halides is 5. The maximum Gasteiger partial charge on any atom is 0.458 e. The van der Waals surface area contributed by atoms with E-state index < -0.39 is 46.7 Å². The largest absolute Gasteiger partial charge is 0.493 e. The molecule has 1 amide bonds. The number of hydrogen-bond acceptors (Lipinski definition) is 4. The van der Waals surface area contributed by atoms with E-state index in [4.69, 9.17) is 14.6 Å². The Morgan fingerprint density at radius 3 is 2.09 bits per heavy atom. The summed E-state index contributed by atoms with van der Waals surface area (Å²) < 4.78 is 90.5. The second-order valence-electron chi connectivity index (χ2n) is 7.02. The molecule has 0 fully saturated rings. The van der Waals surface area contributed by atoms with Crippen LogP contribution in [0.15, 0.2) is 60.7 Å². The molecule has 0 aliphatic heterocycles. The lowest BCUT2D eigenvalue weighted by molar-refractivity contribution is -0.289. The van der Waals surface area contributed by atoms with Gasteiger partial charge in [-0.2, -0.15) is 22.0 Å². The van der Waals surface area contributed by atoms with E-state index in [9.17, 15) is 35.9 Å². The molecule has 0 aromatic heterocycles. The molecule has 6 nitrogen and oxygen atoms in total. The van der Waals surface area contributed by atoms with Gasteiger partial charge in [-0.1, -0.05) is 6.07 Å². The first-order valence-electron chi connectivity index (χ1n) is 9.58. The highest BCUT2D eigenvalue weighted by Crippen LogP contribution is 2.45. The minimum absolute atomic E-state index is 0.0749. The first-order chi connectivity index (χ1) is 16.3. The third kappa shape index (κ3) is 5.48. The van der Waals surface area contributed by atoms with Crippen LogP contribution < -0.4 is 14.8 Å². The number of methoxy groups -OCH3 is 1. The van der Waals surface area contributed by atoms with Crippen LogP contribution in [0.3, 0.4) is 0 Å². The second-order valence-corrected chi connectivity index (χ2v) is 7.02. The number of ether oxygens (including phenoxy) is 2. The van der Waals surface area contributed by atoms with Crippen LogP contribution >= 0.6 is 0 Å². The number of benzene rings is 3. The van der Waals surface area contributed by atoms with E-state index in [1.165, 1.54) is 24.3 Å². The zero-order chi connectivity index (χ0) is 26.0. The van der Waals surface area contributed by atoms with Gasteiger partial charge in [0, 0.05) is 17.3 Å². The highest BCUT2D eigenvalue weighted by molar-refractivity contribution is 6.06. The van der Waals surface area contributed by atoms with Crippen LogP contribution in [0.25, 0.3) is 0 Å². The van der Waals surface area contributed by atoms with E-state index in [1.54, 1.807) is 0 Å². The molecule has 0 aliphatic rings. The van der Waals surface area contributed by atoms with Crippen LogP contribution in [0, 0.1) is 5.82 Å². The Balaban J connectivity index is 2.04. The van der Waals surface area contributed by atoms with Crippen molar-refractivity contribution in [1.82, 2.24) is 0 Å². The molecule has 35 heavy (non-hydrogen) atoms. The molecule has 0 saturated heterocycles. The van der Waals surface area contributed by atoms with Crippen LogP contribution in [0.1, 0.15) is 26.3 Å². The predicted octanol–water partition coefficient (Wildman–Crippen LogP) is 6.23. The SMILES string of the molecule is COc1cc(F)ccc1Oc1cc(C(F)(F)C(F)(F)F)ccc1C(=O)Nc1ccc(C(=O)O)cc1. The predicted molar refractivity (Wildman–Crippen MR) is 111 cm³/mol. The summed E-state index contributed by atoms with van der Waals surface area (Å²) in [5.74, 6) is -9.36. The molecule has 2 N–H and O–H groups in total. The Labute approximate surface area is 193 Å².